The highest BCUT2D eigenvalue weighted by atomic mass is 79.9. The number of carboxylic acid groups (broad SMARTS) is 1. The minimum atomic E-state index is -0.950. The third-order valence-electron chi connectivity index (χ3n) is 1.69. The minimum absolute atomic E-state index is 0.234. The summed E-state index contributed by atoms with van der Waals surface area (Å²) >= 11 is 3.31. The minimum Gasteiger partial charge on any atom is -0.496 e. The molecule has 0 aliphatic carbocycles. The number of carbonyl (C=O) groups is 1. The van der Waals surface area contributed by atoms with E-state index < -0.39 is 5.97 Å². The van der Waals surface area contributed by atoms with Crippen molar-refractivity contribution in [1.29, 1.82) is 0 Å². The van der Waals surface area contributed by atoms with E-state index in [1.54, 1.807) is 6.07 Å². The molecule has 13 heavy (non-hydrogen) atoms. The van der Waals surface area contributed by atoms with E-state index in [9.17, 15) is 4.79 Å². The van der Waals surface area contributed by atoms with E-state index in [2.05, 4.69) is 15.9 Å². The average molecular weight is 245 g/mol. The quantitative estimate of drug-likeness (QED) is 0.870. The highest BCUT2D eigenvalue weighted by molar-refractivity contribution is 9.10. The third-order valence-corrected chi connectivity index (χ3v) is 2.70. The van der Waals surface area contributed by atoms with Gasteiger partial charge in [-0.25, -0.2) is 4.79 Å². The van der Waals surface area contributed by atoms with E-state index in [-0.39, 0.29) is 5.56 Å². The first kappa shape index (κ1) is 10.1. The van der Waals surface area contributed by atoms with Crippen LogP contribution in [0.25, 0.3) is 0 Å². The second-order valence-corrected chi connectivity index (χ2v) is 3.41. The Hall–Kier alpha value is -1.03. The van der Waals surface area contributed by atoms with Crippen molar-refractivity contribution in [3.63, 3.8) is 0 Å². The van der Waals surface area contributed by atoms with Gasteiger partial charge in [0.1, 0.15) is 5.75 Å². The maximum absolute atomic E-state index is 10.7. The Bertz CT molecular complexity index is 347. The van der Waals surface area contributed by atoms with Gasteiger partial charge in [0.25, 0.3) is 0 Å². The van der Waals surface area contributed by atoms with Crippen molar-refractivity contribution in [3.05, 3.63) is 27.7 Å². The Morgan fingerprint density at radius 2 is 2.15 bits per heavy atom. The molecule has 1 N–H and O–H groups in total. The van der Waals surface area contributed by atoms with Gasteiger partial charge in [0.05, 0.1) is 17.1 Å². The number of hydrogen-bond donors (Lipinski definition) is 1. The van der Waals surface area contributed by atoms with Crippen molar-refractivity contribution < 1.29 is 14.6 Å². The number of rotatable bonds is 2. The van der Waals surface area contributed by atoms with E-state index in [4.69, 9.17) is 9.84 Å². The topological polar surface area (TPSA) is 46.5 Å². The predicted molar refractivity (Wildman–Crippen MR) is 52.4 cm³/mol. The molecule has 4 heteroatoms. The van der Waals surface area contributed by atoms with Crippen LogP contribution in [0.15, 0.2) is 16.6 Å². The lowest BCUT2D eigenvalue weighted by molar-refractivity contribution is 0.0696. The molecule has 0 heterocycles. The van der Waals surface area contributed by atoms with Gasteiger partial charge < -0.3 is 9.84 Å². The SMILES string of the molecule is COc1cc(C(=O)O)cc(C)c1Br. The van der Waals surface area contributed by atoms with Crippen LogP contribution in [0.1, 0.15) is 15.9 Å². The molecule has 0 radical (unpaired) electrons. The molecule has 0 saturated carbocycles. The van der Waals surface area contributed by atoms with Gasteiger partial charge in [0.15, 0.2) is 0 Å². The molecule has 0 amide bonds. The summed E-state index contributed by atoms with van der Waals surface area (Å²) in [7, 11) is 1.51. The Balaban J connectivity index is 3.30. The first-order valence-corrected chi connectivity index (χ1v) is 4.43. The van der Waals surface area contributed by atoms with E-state index in [1.165, 1.54) is 13.2 Å². The molecule has 1 rings (SSSR count). The summed E-state index contributed by atoms with van der Waals surface area (Å²) in [6.07, 6.45) is 0. The van der Waals surface area contributed by atoms with Crippen LogP contribution in [0.4, 0.5) is 0 Å². The number of ether oxygens (including phenoxy) is 1. The van der Waals surface area contributed by atoms with Gasteiger partial charge in [-0.2, -0.15) is 0 Å². The summed E-state index contributed by atoms with van der Waals surface area (Å²) in [6.45, 7) is 1.82. The van der Waals surface area contributed by atoms with E-state index in [1.807, 2.05) is 6.92 Å². The van der Waals surface area contributed by atoms with Gasteiger partial charge in [0, 0.05) is 0 Å². The smallest absolute Gasteiger partial charge is 0.335 e. The molecule has 0 fully saturated rings. The molecule has 0 aliphatic rings. The maximum atomic E-state index is 10.7. The van der Waals surface area contributed by atoms with Crippen molar-refractivity contribution in [2.45, 2.75) is 6.92 Å². The van der Waals surface area contributed by atoms with E-state index in [0.717, 1.165) is 10.0 Å². The number of halogens is 1. The molecule has 0 bridgehead atoms. The Morgan fingerprint density at radius 3 is 2.62 bits per heavy atom. The first-order valence-electron chi connectivity index (χ1n) is 3.63. The molecule has 0 unspecified atom stereocenters. The molecular weight excluding hydrogens is 236 g/mol. The molecule has 0 aliphatic heterocycles. The highest BCUT2D eigenvalue weighted by Crippen LogP contribution is 2.29. The normalized spacial score (nSPS) is 9.77. The van der Waals surface area contributed by atoms with Crippen LogP contribution in [0, 0.1) is 6.92 Å². The van der Waals surface area contributed by atoms with Crippen LogP contribution in [0.3, 0.4) is 0 Å². The standard InChI is InChI=1S/C9H9BrO3/c1-5-3-6(9(11)12)4-7(13-2)8(5)10/h3-4H,1-2H3,(H,11,12). The van der Waals surface area contributed by atoms with E-state index in [0.29, 0.717) is 5.75 Å². The van der Waals surface area contributed by atoms with Crippen LogP contribution in [0.5, 0.6) is 5.75 Å². The van der Waals surface area contributed by atoms with Crippen LogP contribution in [0.2, 0.25) is 0 Å². The van der Waals surface area contributed by atoms with Crippen LogP contribution in [-0.2, 0) is 0 Å². The number of aromatic carboxylic acids is 1. The second-order valence-electron chi connectivity index (χ2n) is 2.61. The van der Waals surface area contributed by atoms with Gasteiger partial charge >= 0.3 is 5.97 Å². The van der Waals surface area contributed by atoms with Gasteiger partial charge in [0.2, 0.25) is 0 Å². The zero-order valence-electron chi connectivity index (χ0n) is 7.30. The summed E-state index contributed by atoms with van der Waals surface area (Å²) in [5, 5.41) is 8.75. The summed E-state index contributed by atoms with van der Waals surface area (Å²) in [4.78, 5) is 10.7. The molecule has 0 aromatic heterocycles. The third kappa shape index (κ3) is 2.01. The molecule has 70 valence electrons. The summed E-state index contributed by atoms with van der Waals surface area (Å²) < 4.78 is 5.80. The van der Waals surface area contributed by atoms with Crippen LogP contribution < -0.4 is 4.74 Å². The number of carboxylic acids is 1. The summed E-state index contributed by atoms with van der Waals surface area (Å²) in [5.74, 6) is -0.411. The molecule has 0 saturated heterocycles. The molecule has 3 nitrogen and oxygen atoms in total. The van der Waals surface area contributed by atoms with Crippen molar-refractivity contribution in [3.8, 4) is 5.75 Å². The molecule has 0 spiro atoms. The van der Waals surface area contributed by atoms with Gasteiger partial charge in [-0.1, -0.05) is 0 Å². The molecular formula is C9H9BrO3. The fourth-order valence-electron chi connectivity index (χ4n) is 1.01. The largest absolute Gasteiger partial charge is 0.496 e. The lowest BCUT2D eigenvalue weighted by Gasteiger charge is -2.07. The van der Waals surface area contributed by atoms with Gasteiger partial charge in [-0.3, -0.25) is 0 Å². The Morgan fingerprint density at radius 1 is 1.54 bits per heavy atom. The predicted octanol–water partition coefficient (Wildman–Crippen LogP) is 2.46. The number of methoxy groups -OCH3 is 1. The molecule has 1 aromatic carbocycles. The van der Waals surface area contributed by atoms with Gasteiger partial charge in [-0.05, 0) is 40.5 Å². The highest BCUT2D eigenvalue weighted by Gasteiger charge is 2.10. The van der Waals surface area contributed by atoms with Crippen molar-refractivity contribution >= 4 is 21.9 Å². The average Bonchev–Trinajstić information content (AvgIpc) is 2.09. The van der Waals surface area contributed by atoms with Crippen LogP contribution >= 0.6 is 15.9 Å². The lowest BCUT2D eigenvalue weighted by atomic mass is 10.1. The zero-order chi connectivity index (χ0) is 10.0. The van der Waals surface area contributed by atoms with Crippen LogP contribution in [-0.4, -0.2) is 18.2 Å². The fraction of sp³-hybridized carbons (Fsp3) is 0.222. The molecule has 1 aromatic rings. The fourth-order valence-corrected chi connectivity index (χ4v) is 1.40. The number of hydrogen-bond acceptors (Lipinski definition) is 2. The molecule has 0 atom stereocenters. The monoisotopic (exact) mass is 244 g/mol. The Kier molecular flexibility index (Phi) is 2.93. The van der Waals surface area contributed by atoms with Crippen molar-refractivity contribution in [1.82, 2.24) is 0 Å². The van der Waals surface area contributed by atoms with Gasteiger partial charge in [-0.15, -0.1) is 0 Å². The van der Waals surface area contributed by atoms with Crippen molar-refractivity contribution in [2.24, 2.45) is 0 Å². The first-order chi connectivity index (χ1) is 6.06. The number of benzene rings is 1. The van der Waals surface area contributed by atoms with E-state index >= 15 is 0 Å². The maximum Gasteiger partial charge on any atom is 0.335 e. The second kappa shape index (κ2) is 3.79. The van der Waals surface area contributed by atoms with Crippen molar-refractivity contribution in [2.75, 3.05) is 7.11 Å². The zero-order valence-corrected chi connectivity index (χ0v) is 8.88. The lowest BCUT2D eigenvalue weighted by Crippen LogP contribution is -1.98. The summed E-state index contributed by atoms with van der Waals surface area (Å²) in [5.41, 5.74) is 1.08. The summed E-state index contributed by atoms with van der Waals surface area (Å²) in [6, 6.07) is 3.08. The number of aryl methyl sites for hydroxylation is 1. The Labute approximate surface area is 84.5 Å².